The highest BCUT2D eigenvalue weighted by molar-refractivity contribution is 7.25. The molecule has 3 aromatic heterocycles. The summed E-state index contributed by atoms with van der Waals surface area (Å²) in [5.41, 5.74) is 2.19. The molecule has 5 rings (SSSR count). The summed E-state index contributed by atoms with van der Waals surface area (Å²) in [5.74, 6) is 0. The first kappa shape index (κ1) is 12.0. The van der Waals surface area contributed by atoms with Crippen molar-refractivity contribution in [2.75, 3.05) is 0 Å². The maximum absolute atomic E-state index is 4.64. The van der Waals surface area contributed by atoms with Crippen molar-refractivity contribution in [3.05, 3.63) is 72.9 Å². The van der Waals surface area contributed by atoms with E-state index in [1.165, 1.54) is 25.7 Å². The molecule has 0 N–H and O–H groups in total. The van der Waals surface area contributed by atoms with E-state index in [-0.39, 0.29) is 0 Å². The Kier molecular flexibility index (Phi) is 2.40. The molecule has 0 fully saturated rings. The van der Waals surface area contributed by atoms with Crippen LogP contribution in [0.1, 0.15) is 0 Å². The van der Waals surface area contributed by atoms with Gasteiger partial charge in [-0.1, -0.05) is 36.4 Å². The van der Waals surface area contributed by atoms with Gasteiger partial charge in [0.2, 0.25) is 0 Å². The molecule has 0 bridgehead atoms. The van der Waals surface area contributed by atoms with Gasteiger partial charge in [0.15, 0.2) is 0 Å². The molecule has 22 heavy (non-hydrogen) atoms. The highest BCUT2D eigenvalue weighted by Crippen LogP contribution is 2.41. The lowest BCUT2D eigenvalue weighted by Gasteiger charge is -2.04. The normalized spacial score (nSPS) is 11.6. The number of hydrogen-bond donors (Lipinski definition) is 0. The average molecular weight is 300 g/mol. The predicted molar refractivity (Wildman–Crippen MR) is 94.0 cm³/mol. The molecular formula is C19H12N2S. The van der Waals surface area contributed by atoms with Crippen LogP contribution in [0.15, 0.2) is 72.9 Å². The van der Waals surface area contributed by atoms with Crippen LogP contribution in [-0.2, 0) is 0 Å². The number of nitrogens with zero attached hydrogens (tertiary/aromatic N) is 2. The van der Waals surface area contributed by atoms with Gasteiger partial charge in [0, 0.05) is 32.7 Å². The second kappa shape index (κ2) is 4.42. The zero-order valence-corrected chi connectivity index (χ0v) is 12.5. The summed E-state index contributed by atoms with van der Waals surface area (Å²) in [5, 5.41) is 3.85. The Morgan fingerprint density at radius 3 is 2.45 bits per heavy atom. The molecular weight excluding hydrogens is 288 g/mol. The maximum atomic E-state index is 4.64. The van der Waals surface area contributed by atoms with Crippen LogP contribution < -0.4 is 0 Å². The Balaban J connectivity index is 2.07. The smallest absolute Gasteiger partial charge is 0.146 e. The van der Waals surface area contributed by atoms with Crippen LogP contribution in [-0.4, -0.2) is 9.55 Å². The maximum Gasteiger partial charge on any atom is 0.146 e. The van der Waals surface area contributed by atoms with Gasteiger partial charge in [-0.15, -0.1) is 11.3 Å². The Bertz CT molecular complexity index is 1120. The number of hydrogen-bond acceptors (Lipinski definition) is 2. The van der Waals surface area contributed by atoms with E-state index in [1.54, 1.807) is 0 Å². The van der Waals surface area contributed by atoms with Crippen LogP contribution in [0, 0.1) is 0 Å². The molecule has 0 aliphatic carbocycles. The van der Waals surface area contributed by atoms with Gasteiger partial charge in [0.25, 0.3) is 0 Å². The largest absolute Gasteiger partial charge is 0.285 e. The first-order valence-corrected chi connectivity index (χ1v) is 8.07. The number of fused-ring (bicyclic) bond motifs is 5. The minimum absolute atomic E-state index is 1.03. The molecule has 0 saturated heterocycles. The second-order valence-corrected chi connectivity index (χ2v) is 6.35. The van der Waals surface area contributed by atoms with Crippen molar-refractivity contribution in [3.63, 3.8) is 0 Å². The van der Waals surface area contributed by atoms with Crippen molar-refractivity contribution >= 4 is 42.7 Å². The van der Waals surface area contributed by atoms with E-state index in [1.807, 2.05) is 29.7 Å². The standard InChI is InChI=1S/C19H12N2S/c1-2-7-13(8-3-1)21-18-15(10-6-12-20-18)17-14-9-4-5-11-16(14)22-19(17)21/h1-12H. The van der Waals surface area contributed by atoms with Crippen LogP contribution in [0.3, 0.4) is 0 Å². The van der Waals surface area contributed by atoms with Crippen molar-refractivity contribution < 1.29 is 0 Å². The molecule has 3 heterocycles. The molecule has 0 amide bonds. The van der Waals surface area contributed by atoms with E-state index in [0.29, 0.717) is 0 Å². The zero-order valence-electron chi connectivity index (χ0n) is 11.7. The molecule has 0 spiro atoms. The molecule has 2 aromatic carbocycles. The van der Waals surface area contributed by atoms with E-state index in [4.69, 9.17) is 0 Å². The Hall–Kier alpha value is -2.65. The molecule has 0 atom stereocenters. The molecule has 0 unspecified atom stereocenters. The predicted octanol–water partition coefficient (Wildman–Crippen LogP) is 5.39. The minimum Gasteiger partial charge on any atom is -0.285 e. The third-order valence-corrected chi connectivity index (χ3v) is 5.22. The minimum atomic E-state index is 1.03. The average Bonchev–Trinajstić information content (AvgIpc) is 3.10. The summed E-state index contributed by atoms with van der Waals surface area (Å²) in [6, 6.07) is 23.3. The van der Waals surface area contributed by atoms with Gasteiger partial charge in [-0.3, -0.25) is 4.57 Å². The molecule has 0 radical (unpaired) electrons. The van der Waals surface area contributed by atoms with Crippen LogP contribution in [0.2, 0.25) is 0 Å². The lowest BCUT2D eigenvalue weighted by molar-refractivity contribution is 1.15. The fourth-order valence-electron chi connectivity index (χ4n) is 3.13. The monoisotopic (exact) mass is 300 g/mol. The number of benzene rings is 2. The van der Waals surface area contributed by atoms with Gasteiger partial charge >= 0.3 is 0 Å². The molecule has 0 aliphatic heterocycles. The third kappa shape index (κ3) is 1.51. The van der Waals surface area contributed by atoms with Crippen molar-refractivity contribution in [2.45, 2.75) is 0 Å². The molecule has 0 aliphatic rings. The zero-order chi connectivity index (χ0) is 14.5. The van der Waals surface area contributed by atoms with Crippen molar-refractivity contribution in [3.8, 4) is 5.69 Å². The molecule has 0 saturated carbocycles. The highest BCUT2D eigenvalue weighted by Gasteiger charge is 2.17. The van der Waals surface area contributed by atoms with Crippen LogP contribution in [0.5, 0.6) is 0 Å². The molecule has 3 heteroatoms. The van der Waals surface area contributed by atoms with E-state index >= 15 is 0 Å². The first-order chi connectivity index (χ1) is 10.9. The lowest BCUT2D eigenvalue weighted by atomic mass is 10.1. The lowest BCUT2D eigenvalue weighted by Crippen LogP contribution is -1.93. The highest BCUT2D eigenvalue weighted by atomic mass is 32.1. The van der Waals surface area contributed by atoms with Gasteiger partial charge in [-0.2, -0.15) is 0 Å². The summed E-state index contributed by atoms with van der Waals surface area (Å²) in [7, 11) is 0. The molecule has 2 nitrogen and oxygen atoms in total. The van der Waals surface area contributed by atoms with Crippen LogP contribution in [0.25, 0.3) is 37.0 Å². The molecule has 104 valence electrons. The van der Waals surface area contributed by atoms with Gasteiger partial charge in [0.05, 0.1) is 0 Å². The topological polar surface area (TPSA) is 17.8 Å². The van der Waals surface area contributed by atoms with Gasteiger partial charge in [-0.25, -0.2) is 4.98 Å². The van der Waals surface area contributed by atoms with Gasteiger partial charge in [-0.05, 0) is 30.3 Å². The number of pyridine rings is 1. The Morgan fingerprint density at radius 2 is 1.55 bits per heavy atom. The van der Waals surface area contributed by atoms with Crippen molar-refractivity contribution in [1.82, 2.24) is 9.55 Å². The van der Waals surface area contributed by atoms with Crippen molar-refractivity contribution in [1.29, 1.82) is 0 Å². The number of rotatable bonds is 1. The Labute approximate surface area is 131 Å². The quantitative estimate of drug-likeness (QED) is 0.405. The van der Waals surface area contributed by atoms with E-state index in [2.05, 4.69) is 64.1 Å². The first-order valence-electron chi connectivity index (χ1n) is 7.25. The Morgan fingerprint density at radius 1 is 0.773 bits per heavy atom. The SMILES string of the molecule is c1ccc(-n2c3ncccc3c3c4ccccc4sc32)cc1. The summed E-state index contributed by atoms with van der Waals surface area (Å²) in [4.78, 5) is 5.91. The second-order valence-electron chi connectivity index (χ2n) is 5.32. The van der Waals surface area contributed by atoms with Crippen LogP contribution in [0.4, 0.5) is 0 Å². The van der Waals surface area contributed by atoms with E-state index in [9.17, 15) is 0 Å². The summed E-state index contributed by atoms with van der Waals surface area (Å²) < 4.78 is 3.60. The van der Waals surface area contributed by atoms with E-state index < -0.39 is 0 Å². The summed E-state index contributed by atoms with van der Waals surface area (Å²) in [6.07, 6.45) is 1.87. The van der Waals surface area contributed by atoms with Gasteiger partial charge in [0.1, 0.15) is 10.5 Å². The van der Waals surface area contributed by atoms with Gasteiger partial charge < -0.3 is 0 Å². The summed E-state index contributed by atoms with van der Waals surface area (Å²) in [6.45, 7) is 0. The summed E-state index contributed by atoms with van der Waals surface area (Å²) >= 11 is 1.83. The fourth-order valence-corrected chi connectivity index (χ4v) is 4.37. The number of thiophene rings is 1. The van der Waals surface area contributed by atoms with Crippen molar-refractivity contribution in [2.24, 2.45) is 0 Å². The number of para-hydroxylation sites is 1. The number of aromatic nitrogens is 2. The molecule has 5 aromatic rings. The van der Waals surface area contributed by atoms with E-state index in [0.717, 1.165) is 11.3 Å². The third-order valence-electron chi connectivity index (χ3n) is 4.06. The van der Waals surface area contributed by atoms with Crippen LogP contribution >= 0.6 is 11.3 Å². The fraction of sp³-hybridized carbons (Fsp3) is 0.